The fourth-order valence-corrected chi connectivity index (χ4v) is 1.89. The van der Waals surface area contributed by atoms with E-state index in [1.807, 2.05) is 26.0 Å². The summed E-state index contributed by atoms with van der Waals surface area (Å²) in [6.45, 7) is 9.74. The van der Waals surface area contributed by atoms with Gasteiger partial charge in [0.05, 0.1) is 0 Å². The maximum absolute atomic E-state index is 5.66. The molecule has 0 aliphatic carbocycles. The maximum Gasteiger partial charge on any atom is 0.0314 e. The van der Waals surface area contributed by atoms with E-state index >= 15 is 0 Å². The van der Waals surface area contributed by atoms with Gasteiger partial charge in [0.2, 0.25) is 0 Å². The molecule has 0 spiro atoms. The Morgan fingerprint density at radius 3 is 2.12 bits per heavy atom. The van der Waals surface area contributed by atoms with Crippen LogP contribution in [-0.2, 0) is 6.54 Å². The predicted octanol–water partition coefficient (Wildman–Crippen LogP) is 2.29. The van der Waals surface area contributed by atoms with Crippen LogP contribution >= 0.6 is 0 Å². The number of nitrogen functional groups attached to an aromatic ring is 1. The first kappa shape index (κ1) is 14.0. The highest BCUT2D eigenvalue weighted by Crippen LogP contribution is 2.10. The van der Waals surface area contributed by atoms with E-state index in [4.69, 9.17) is 5.73 Å². The van der Waals surface area contributed by atoms with Crippen molar-refractivity contribution in [3.63, 3.8) is 0 Å². The second kappa shape index (κ2) is 7.30. The molecule has 0 radical (unpaired) electrons. The van der Waals surface area contributed by atoms with Gasteiger partial charge in [0.1, 0.15) is 0 Å². The molecule has 1 fully saturated rings. The van der Waals surface area contributed by atoms with E-state index in [-0.39, 0.29) is 1.43 Å². The van der Waals surface area contributed by atoms with Crippen LogP contribution in [0.3, 0.4) is 0 Å². The minimum atomic E-state index is 0. The number of piperazine rings is 1. The Hall–Kier alpha value is -1.06. The van der Waals surface area contributed by atoms with E-state index < -0.39 is 0 Å². The third-order valence-electron chi connectivity index (χ3n) is 2.98. The number of rotatable bonds is 2. The molecule has 1 aromatic carbocycles. The predicted molar refractivity (Wildman–Crippen MR) is 77.1 cm³/mol. The van der Waals surface area contributed by atoms with E-state index in [0.29, 0.717) is 0 Å². The first-order chi connectivity index (χ1) is 8.24. The molecule has 1 aromatic rings. The molecule has 0 unspecified atom stereocenters. The van der Waals surface area contributed by atoms with Gasteiger partial charge in [-0.2, -0.15) is 0 Å². The minimum absolute atomic E-state index is 0. The highest BCUT2D eigenvalue weighted by Gasteiger charge is 2.13. The molecule has 0 aromatic heterocycles. The number of likely N-dealkylation sites (N-methyl/N-ethyl adjacent to an activating group) is 1. The van der Waals surface area contributed by atoms with E-state index in [9.17, 15) is 0 Å². The van der Waals surface area contributed by atoms with Gasteiger partial charge in [0, 0.05) is 39.8 Å². The maximum atomic E-state index is 5.66. The van der Waals surface area contributed by atoms with Crippen molar-refractivity contribution in [1.82, 2.24) is 9.80 Å². The summed E-state index contributed by atoms with van der Waals surface area (Å²) in [5.41, 5.74) is 7.86. The molecule has 2 N–H and O–H groups in total. The molecule has 98 valence electrons. The zero-order valence-corrected chi connectivity index (χ0v) is 11.3. The molecule has 0 bridgehead atoms. The summed E-state index contributed by atoms with van der Waals surface area (Å²) in [6, 6.07) is 8.19. The van der Waals surface area contributed by atoms with E-state index in [1.54, 1.807) is 0 Å². The second-order valence-corrected chi connectivity index (χ2v) is 4.32. The minimum Gasteiger partial charge on any atom is -0.399 e. The van der Waals surface area contributed by atoms with Crippen LogP contribution in [0.4, 0.5) is 5.69 Å². The Morgan fingerprint density at radius 1 is 1.06 bits per heavy atom. The van der Waals surface area contributed by atoms with Gasteiger partial charge in [0.15, 0.2) is 0 Å². The topological polar surface area (TPSA) is 32.5 Å². The number of benzene rings is 1. The van der Waals surface area contributed by atoms with Gasteiger partial charge in [-0.05, 0) is 24.7 Å². The average molecular weight is 237 g/mol. The summed E-state index contributed by atoms with van der Waals surface area (Å²) < 4.78 is 0. The molecular weight excluding hydrogens is 210 g/mol. The van der Waals surface area contributed by atoms with Crippen LogP contribution in [0.5, 0.6) is 0 Å². The molecule has 2 rings (SSSR count). The fourth-order valence-electron chi connectivity index (χ4n) is 1.89. The Morgan fingerprint density at radius 2 is 1.59 bits per heavy atom. The van der Waals surface area contributed by atoms with Crippen molar-refractivity contribution in [3.8, 4) is 0 Å². The van der Waals surface area contributed by atoms with Crippen LogP contribution < -0.4 is 5.73 Å². The third kappa shape index (κ3) is 4.75. The summed E-state index contributed by atoms with van der Waals surface area (Å²) in [6.07, 6.45) is 0. The van der Waals surface area contributed by atoms with Gasteiger partial charge in [-0.25, -0.2) is 0 Å². The smallest absolute Gasteiger partial charge is 0.0314 e. The lowest BCUT2D eigenvalue weighted by atomic mass is 10.2. The van der Waals surface area contributed by atoms with E-state index in [2.05, 4.69) is 29.0 Å². The monoisotopic (exact) mass is 237 g/mol. The number of hydrogen-bond donors (Lipinski definition) is 1. The Kier molecular flexibility index (Phi) is 6.01. The van der Waals surface area contributed by atoms with Crippen LogP contribution in [0, 0.1) is 0 Å². The lowest BCUT2D eigenvalue weighted by molar-refractivity contribution is 0.148. The molecule has 0 saturated carbocycles. The van der Waals surface area contributed by atoms with Gasteiger partial charge in [-0.3, -0.25) is 4.90 Å². The quantitative estimate of drug-likeness (QED) is 0.801. The Bertz CT molecular complexity index is 305. The highest BCUT2D eigenvalue weighted by atomic mass is 15.2. The van der Waals surface area contributed by atoms with Crippen LogP contribution in [0.25, 0.3) is 0 Å². The summed E-state index contributed by atoms with van der Waals surface area (Å²) >= 11 is 0. The Balaban J connectivity index is 0.000000917. The van der Waals surface area contributed by atoms with Crippen LogP contribution in [0.15, 0.2) is 24.3 Å². The van der Waals surface area contributed by atoms with Crippen LogP contribution in [0.2, 0.25) is 0 Å². The zero-order chi connectivity index (χ0) is 12.7. The average Bonchev–Trinajstić information content (AvgIpc) is 2.37. The SMILES string of the molecule is CC.CN1CCN(Cc2ccc(N)cc2)CC1.[HH]. The van der Waals surface area contributed by atoms with Crippen molar-refractivity contribution in [2.75, 3.05) is 39.0 Å². The summed E-state index contributed by atoms with van der Waals surface area (Å²) in [4.78, 5) is 4.87. The van der Waals surface area contributed by atoms with Crippen molar-refractivity contribution < 1.29 is 1.43 Å². The van der Waals surface area contributed by atoms with E-state index in [1.165, 1.54) is 31.7 Å². The van der Waals surface area contributed by atoms with Crippen molar-refractivity contribution in [2.45, 2.75) is 20.4 Å². The highest BCUT2D eigenvalue weighted by molar-refractivity contribution is 5.39. The van der Waals surface area contributed by atoms with Crippen LogP contribution in [0.1, 0.15) is 20.8 Å². The van der Waals surface area contributed by atoms with Crippen molar-refractivity contribution in [2.24, 2.45) is 0 Å². The first-order valence-electron chi connectivity index (χ1n) is 6.49. The molecule has 0 atom stereocenters. The van der Waals surface area contributed by atoms with Crippen LogP contribution in [-0.4, -0.2) is 43.0 Å². The number of nitrogens with zero attached hydrogens (tertiary/aromatic N) is 2. The van der Waals surface area contributed by atoms with Gasteiger partial charge >= 0.3 is 0 Å². The zero-order valence-electron chi connectivity index (χ0n) is 11.3. The molecule has 1 saturated heterocycles. The molecule has 1 aliphatic rings. The van der Waals surface area contributed by atoms with Gasteiger partial charge < -0.3 is 10.6 Å². The standard InChI is InChI=1S/C12H19N3.C2H6.H2/c1-14-6-8-15(9-7-14)10-11-2-4-12(13)5-3-11;1-2;/h2-5H,6-10,13H2,1H3;1-2H3;1H. The summed E-state index contributed by atoms with van der Waals surface area (Å²) in [5, 5.41) is 0. The molecule has 17 heavy (non-hydrogen) atoms. The van der Waals surface area contributed by atoms with E-state index in [0.717, 1.165) is 12.2 Å². The second-order valence-electron chi connectivity index (χ2n) is 4.32. The first-order valence-corrected chi connectivity index (χ1v) is 6.49. The Labute approximate surface area is 107 Å². The largest absolute Gasteiger partial charge is 0.399 e. The number of anilines is 1. The molecule has 3 heteroatoms. The lowest BCUT2D eigenvalue weighted by Crippen LogP contribution is -2.43. The molecule has 3 nitrogen and oxygen atoms in total. The normalized spacial score (nSPS) is 17.4. The van der Waals surface area contributed by atoms with Crippen molar-refractivity contribution >= 4 is 5.69 Å². The van der Waals surface area contributed by atoms with Gasteiger partial charge in [0.25, 0.3) is 0 Å². The van der Waals surface area contributed by atoms with Gasteiger partial charge in [-0.15, -0.1) is 0 Å². The van der Waals surface area contributed by atoms with Gasteiger partial charge in [-0.1, -0.05) is 26.0 Å². The summed E-state index contributed by atoms with van der Waals surface area (Å²) in [5.74, 6) is 0. The number of hydrogen-bond acceptors (Lipinski definition) is 3. The molecular formula is C14H27N3. The molecule has 1 aliphatic heterocycles. The summed E-state index contributed by atoms with van der Waals surface area (Å²) in [7, 11) is 2.18. The third-order valence-corrected chi connectivity index (χ3v) is 2.98. The lowest BCUT2D eigenvalue weighted by Gasteiger charge is -2.32. The molecule has 0 amide bonds. The fraction of sp³-hybridized carbons (Fsp3) is 0.571. The number of nitrogens with two attached hydrogens (primary N) is 1. The van der Waals surface area contributed by atoms with Crippen molar-refractivity contribution in [3.05, 3.63) is 29.8 Å². The van der Waals surface area contributed by atoms with Crippen molar-refractivity contribution in [1.29, 1.82) is 0 Å². The molecule has 1 heterocycles.